The van der Waals surface area contributed by atoms with Gasteiger partial charge in [-0.2, -0.15) is 0 Å². The van der Waals surface area contributed by atoms with Crippen LogP contribution in [0.5, 0.6) is 5.75 Å². The molecular formula is C32H43NO6. The Hall–Kier alpha value is -3.16. The first kappa shape index (κ1) is 30.4. The second-order valence-electron chi connectivity index (χ2n) is 10.6. The number of carbonyl (C=O) groups is 2. The molecule has 0 amide bonds. The van der Waals surface area contributed by atoms with Crippen LogP contribution in [0.15, 0.2) is 52.8 Å². The van der Waals surface area contributed by atoms with Crippen LogP contribution in [-0.4, -0.2) is 68.3 Å². The topological polar surface area (TPSA) is 74.3 Å². The maximum Gasteiger partial charge on any atom is 0.349 e. The average molecular weight is 538 g/mol. The van der Waals surface area contributed by atoms with E-state index in [1.54, 1.807) is 26.8 Å². The smallest absolute Gasteiger partial charge is 0.349 e. The summed E-state index contributed by atoms with van der Waals surface area (Å²) in [6.07, 6.45) is 7.99. The number of hydrogen-bond donors (Lipinski definition) is 0. The summed E-state index contributed by atoms with van der Waals surface area (Å²) in [5.74, 6) is 1.05. The number of aryl methyl sites for hydroxylation is 2. The van der Waals surface area contributed by atoms with Gasteiger partial charge in [-0.05, 0) is 107 Å². The van der Waals surface area contributed by atoms with E-state index in [1.165, 1.54) is 0 Å². The van der Waals surface area contributed by atoms with Crippen molar-refractivity contribution in [1.82, 2.24) is 4.90 Å². The maximum absolute atomic E-state index is 13.1. The number of rotatable bonds is 11. The molecule has 0 atom stereocenters. The third kappa shape index (κ3) is 8.41. The number of esters is 1. The van der Waals surface area contributed by atoms with E-state index in [1.807, 2.05) is 52.0 Å². The summed E-state index contributed by atoms with van der Waals surface area (Å²) < 4.78 is 22.8. The lowest BCUT2D eigenvalue weighted by Crippen LogP contribution is -2.40. The highest BCUT2D eigenvalue weighted by Crippen LogP contribution is 2.30. The van der Waals surface area contributed by atoms with Gasteiger partial charge in [-0.25, -0.2) is 4.79 Å². The van der Waals surface area contributed by atoms with Gasteiger partial charge in [-0.15, -0.1) is 0 Å². The molecular weight excluding hydrogens is 494 g/mol. The maximum atomic E-state index is 13.1. The fourth-order valence-corrected chi connectivity index (χ4v) is 4.68. The Bertz CT molecular complexity index is 1160. The van der Waals surface area contributed by atoms with Gasteiger partial charge >= 0.3 is 5.97 Å². The molecule has 1 saturated heterocycles. The molecule has 0 saturated carbocycles. The number of ether oxygens (including phenoxy) is 4. The molecule has 212 valence electrons. The summed E-state index contributed by atoms with van der Waals surface area (Å²) in [7, 11) is 0. The molecule has 2 aliphatic rings. The monoisotopic (exact) mass is 537 g/mol. The van der Waals surface area contributed by atoms with Crippen LogP contribution in [-0.2, 0) is 23.8 Å². The van der Waals surface area contributed by atoms with Crippen LogP contribution in [0.4, 0.5) is 0 Å². The van der Waals surface area contributed by atoms with Crippen molar-refractivity contribution in [3.63, 3.8) is 0 Å². The van der Waals surface area contributed by atoms with Gasteiger partial charge in [-0.3, -0.25) is 9.69 Å². The van der Waals surface area contributed by atoms with Crippen molar-refractivity contribution < 1.29 is 28.5 Å². The third-order valence-electron chi connectivity index (χ3n) is 6.84. The van der Waals surface area contributed by atoms with E-state index in [-0.39, 0.29) is 5.78 Å². The second-order valence-corrected chi connectivity index (χ2v) is 10.6. The summed E-state index contributed by atoms with van der Waals surface area (Å²) in [5, 5.41) is 0. The Labute approximate surface area is 233 Å². The van der Waals surface area contributed by atoms with Crippen LogP contribution in [0.25, 0.3) is 6.08 Å². The van der Waals surface area contributed by atoms with Gasteiger partial charge in [0.05, 0.1) is 19.8 Å². The number of nitrogens with zero attached hydrogens (tertiary/aromatic N) is 1. The Morgan fingerprint density at radius 1 is 1.08 bits per heavy atom. The Balaban J connectivity index is 1.68. The van der Waals surface area contributed by atoms with Crippen molar-refractivity contribution in [3.8, 4) is 5.75 Å². The Kier molecular flexibility index (Phi) is 10.7. The third-order valence-corrected chi connectivity index (χ3v) is 6.84. The highest BCUT2D eigenvalue weighted by atomic mass is 16.6. The van der Waals surface area contributed by atoms with Crippen molar-refractivity contribution in [2.45, 2.75) is 60.5 Å². The average Bonchev–Trinajstić information content (AvgIpc) is 3.03. The van der Waals surface area contributed by atoms with E-state index in [0.717, 1.165) is 72.0 Å². The number of carbonyl (C=O) groups excluding carboxylic acids is 2. The minimum absolute atomic E-state index is 0.0351. The van der Waals surface area contributed by atoms with E-state index in [2.05, 4.69) is 11.0 Å². The minimum atomic E-state index is -1.10. The van der Waals surface area contributed by atoms with Crippen LogP contribution in [0.3, 0.4) is 0 Å². The standard InChI is InChI=1S/C32H43NO6/c1-8-37-31(35)32(6,7)39-30-23(3)19-26(20-24(30)4)10-12-28(34)27-11-9-22(2)29(25(5)21-27)38-18-15-33-13-16-36-17-14-33/h9-10,12,19-21H,8,11,13-18H2,1-7H3/b12-10+. The van der Waals surface area contributed by atoms with Gasteiger partial charge in [-0.1, -0.05) is 12.2 Å². The molecule has 0 bridgehead atoms. The number of morpholine rings is 1. The predicted molar refractivity (Wildman–Crippen MR) is 154 cm³/mol. The molecule has 1 aromatic rings. The molecule has 1 aromatic carbocycles. The van der Waals surface area contributed by atoms with Crippen LogP contribution in [0.2, 0.25) is 0 Å². The van der Waals surface area contributed by atoms with E-state index < -0.39 is 11.6 Å². The zero-order valence-corrected chi connectivity index (χ0v) is 24.5. The van der Waals surface area contributed by atoms with Crippen molar-refractivity contribution in [1.29, 1.82) is 0 Å². The number of benzene rings is 1. The first-order chi connectivity index (χ1) is 18.5. The first-order valence-electron chi connectivity index (χ1n) is 13.7. The lowest BCUT2D eigenvalue weighted by Gasteiger charge is -2.26. The molecule has 0 N–H and O–H groups in total. The van der Waals surface area contributed by atoms with Gasteiger partial charge in [0.2, 0.25) is 0 Å². The Morgan fingerprint density at radius 2 is 1.74 bits per heavy atom. The summed E-state index contributed by atoms with van der Waals surface area (Å²) in [6, 6.07) is 3.90. The number of ketones is 1. The van der Waals surface area contributed by atoms with Crippen molar-refractivity contribution in [2.75, 3.05) is 46.1 Å². The van der Waals surface area contributed by atoms with Gasteiger partial charge in [0.1, 0.15) is 18.1 Å². The highest BCUT2D eigenvalue weighted by molar-refractivity contribution is 6.07. The normalized spacial score (nSPS) is 17.0. The highest BCUT2D eigenvalue weighted by Gasteiger charge is 2.32. The fourth-order valence-electron chi connectivity index (χ4n) is 4.68. The molecule has 0 spiro atoms. The molecule has 0 aromatic heterocycles. The number of hydrogen-bond acceptors (Lipinski definition) is 7. The molecule has 3 rings (SSSR count). The lowest BCUT2D eigenvalue weighted by molar-refractivity contribution is -0.158. The van der Waals surface area contributed by atoms with Crippen LogP contribution < -0.4 is 4.74 Å². The largest absolute Gasteiger partial charge is 0.492 e. The van der Waals surface area contributed by atoms with E-state index >= 15 is 0 Å². The SMILES string of the molecule is CCOC(=O)C(C)(C)Oc1c(C)cc(/C=C/C(=O)C2=CC(C)=C(OCCN3CCOCC3)C(C)=CC2)cc1C. The molecule has 0 radical (unpaired) electrons. The van der Waals surface area contributed by atoms with Crippen LogP contribution >= 0.6 is 0 Å². The van der Waals surface area contributed by atoms with E-state index in [9.17, 15) is 9.59 Å². The molecule has 1 fully saturated rings. The predicted octanol–water partition coefficient (Wildman–Crippen LogP) is 5.51. The Morgan fingerprint density at radius 3 is 2.38 bits per heavy atom. The van der Waals surface area contributed by atoms with Crippen LogP contribution in [0, 0.1) is 13.8 Å². The minimum Gasteiger partial charge on any atom is -0.492 e. The molecule has 0 unspecified atom stereocenters. The van der Waals surface area contributed by atoms with Crippen molar-refractivity contribution in [2.24, 2.45) is 0 Å². The van der Waals surface area contributed by atoms with Crippen molar-refractivity contribution >= 4 is 17.8 Å². The second kappa shape index (κ2) is 13.8. The van der Waals surface area contributed by atoms with Crippen LogP contribution in [0.1, 0.15) is 57.7 Å². The molecule has 1 heterocycles. The first-order valence-corrected chi connectivity index (χ1v) is 13.7. The van der Waals surface area contributed by atoms with Crippen molar-refractivity contribution in [3.05, 3.63) is 69.5 Å². The molecule has 39 heavy (non-hydrogen) atoms. The quantitative estimate of drug-likeness (QED) is 0.272. The van der Waals surface area contributed by atoms with Gasteiger partial charge in [0.15, 0.2) is 11.4 Å². The summed E-state index contributed by atoms with van der Waals surface area (Å²) >= 11 is 0. The number of allylic oxidation sites excluding steroid dienone is 6. The van der Waals surface area contributed by atoms with Gasteiger partial charge in [0, 0.05) is 25.2 Å². The lowest BCUT2D eigenvalue weighted by atomic mass is 10.0. The fraction of sp³-hybridized carbons (Fsp3) is 0.500. The molecule has 1 aliphatic carbocycles. The van der Waals surface area contributed by atoms with E-state index in [0.29, 0.717) is 25.4 Å². The zero-order valence-electron chi connectivity index (χ0n) is 24.5. The molecule has 7 nitrogen and oxygen atoms in total. The van der Waals surface area contributed by atoms with E-state index in [4.69, 9.17) is 18.9 Å². The summed E-state index contributed by atoms with van der Waals surface area (Å²) in [4.78, 5) is 27.7. The zero-order chi connectivity index (χ0) is 28.6. The van der Waals surface area contributed by atoms with Gasteiger partial charge in [0.25, 0.3) is 0 Å². The van der Waals surface area contributed by atoms with Gasteiger partial charge < -0.3 is 18.9 Å². The summed E-state index contributed by atoms with van der Waals surface area (Å²) in [5.41, 5.74) is 4.27. The molecule has 7 heteroatoms. The molecule has 1 aliphatic heterocycles. The summed E-state index contributed by atoms with van der Waals surface area (Å²) in [6.45, 7) is 18.2.